The van der Waals surface area contributed by atoms with Crippen molar-refractivity contribution in [3.05, 3.63) is 0 Å². The van der Waals surface area contributed by atoms with Gasteiger partial charge in [0, 0.05) is 6.04 Å². The molecular formula is C13H22N2O2. The number of piperazine rings is 1. The van der Waals surface area contributed by atoms with Gasteiger partial charge >= 0.3 is 0 Å². The first kappa shape index (κ1) is 12.4. The fraction of sp³-hybridized carbons (Fsp3) is 0.846. The molecule has 1 aliphatic heterocycles. The molecule has 1 heterocycles. The number of hydrogen-bond acceptors (Lipinski definition) is 2. The predicted molar refractivity (Wildman–Crippen MR) is 65.3 cm³/mol. The Morgan fingerprint density at radius 2 is 1.88 bits per heavy atom. The molecule has 2 fully saturated rings. The lowest BCUT2D eigenvalue weighted by Gasteiger charge is -2.39. The van der Waals surface area contributed by atoms with Gasteiger partial charge in [-0.1, -0.05) is 27.7 Å². The normalized spacial score (nSPS) is 35.8. The van der Waals surface area contributed by atoms with E-state index in [9.17, 15) is 9.59 Å². The van der Waals surface area contributed by atoms with Crippen LogP contribution < -0.4 is 5.32 Å². The molecule has 0 radical (unpaired) electrons. The molecule has 0 spiro atoms. The highest BCUT2D eigenvalue weighted by molar-refractivity contribution is 5.97. The van der Waals surface area contributed by atoms with E-state index in [1.807, 2.05) is 18.7 Å². The Kier molecular flexibility index (Phi) is 2.92. The molecule has 1 saturated heterocycles. The van der Waals surface area contributed by atoms with Gasteiger partial charge in [0.15, 0.2) is 0 Å². The maximum Gasteiger partial charge on any atom is 0.246 e. The number of carbonyl (C=O) groups excluding carboxylic acids is 2. The van der Waals surface area contributed by atoms with E-state index in [4.69, 9.17) is 0 Å². The van der Waals surface area contributed by atoms with E-state index >= 15 is 0 Å². The van der Waals surface area contributed by atoms with E-state index in [1.165, 1.54) is 0 Å². The van der Waals surface area contributed by atoms with Crippen molar-refractivity contribution in [2.45, 2.75) is 65.1 Å². The van der Waals surface area contributed by atoms with Gasteiger partial charge in [0.25, 0.3) is 0 Å². The minimum absolute atomic E-state index is 0.0154. The summed E-state index contributed by atoms with van der Waals surface area (Å²) in [4.78, 5) is 26.2. The maximum absolute atomic E-state index is 12.4. The SMILES string of the molecule is CCC1NC(=O)C(CC)N(C2CC2(C)C)C1=O. The Morgan fingerprint density at radius 3 is 2.29 bits per heavy atom. The van der Waals surface area contributed by atoms with E-state index < -0.39 is 0 Å². The number of nitrogens with zero attached hydrogens (tertiary/aromatic N) is 1. The van der Waals surface area contributed by atoms with Crippen molar-refractivity contribution >= 4 is 11.8 Å². The standard InChI is InChI=1S/C13H22N2O2/c1-5-8-12(17)15(10-7-13(10,3)4)9(6-2)11(16)14-8/h8-10H,5-7H2,1-4H3,(H,14,16). The summed E-state index contributed by atoms with van der Waals surface area (Å²) in [5.41, 5.74) is 0.180. The van der Waals surface area contributed by atoms with Crippen LogP contribution in [0.2, 0.25) is 0 Å². The van der Waals surface area contributed by atoms with Gasteiger partial charge in [-0.3, -0.25) is 9.59 Å². The molecule has 1 aliphatic carbocycles. The maximum atomic E-state index is 12.4. The summed E-state index contributed by atoms with van der Waals surface area (Å²) in [6.07, 6.45) is 2.38. The summed E-state index contributed by atoms with van der Waals surface area (Å²) in [6.45, 7) is 8.22. The number of rotatable bonds is 3. The van der Waals surface area contributed by atoms with Gasteiger partial charge in [0.2, 0.25) is 11.8 Å². The van der Waals surface area contributed by atoms with Gasteiger partial charge in [0.1, 0.15) is 12.1 Å². The molecule has 0 aromatic rings. The van der Waals surface area contributed by atoms with E-state index in [0.717, 1.165) is 6.42 Å². The molecule has 2 aliphatic rings. The largest absolute Gasteiger partial charge is 0.343 e. The molecule has 4 heteroatoms. The third-order valence-corrected chi connectivity index (χ3v) is 4.10. The zero-order chi connectivity index (χ0) is 12.8. The Labute approximate surface area is 103 Å². The van der Waals surface area contributed by atoms with Gasteiger partial charge in [0.05, 0.1) is 0 Å². The highest BCUT2D eigenvalue weighted by Crippen LogP contribution is 2.50. The van der Waals surface area contributed by atoms with Crippen molar-refractivity contribution < 1.29 is 9.59 Å². The zero-order valence-electron chi connectivity index (χ0n) is 11.1. The Bertz CT molecular complexity index is 351. The lowest BCUT2D eigenvalue weighted by Crippen LogP contribution is -2.64. The van der Waals surface area contributed by atoms with Crippen LogP contribution in [0.1, 0.15) is 47.0 Å². The first-order valence-electron chi connectivity index (χ1n) is 6.55. The molecule has 17 heavy (non-hydrogen) atoms. The van der Waals surface area contributed by atoms with E-state index in [0.29, 0.717) is 12.8 Å². The average Bonchev–Trinajstić information content (AvgIpc) is 2.89. The minimum atomic E-state index is -0.318. The smallest absolute Gasteiger partial charge is 0.246 e. The quantitative estimate of drug-likeness (QED) is 0.805. The third-order valence-electron chi connectivity index (χ3n) is 4.10. The van der Waals surface area contributed by atoms with Crippen molar-refractivity contribution in [1.82, 2.24) is 10.2 Å². The Balaban J connectivity index is 2.24. The lowest BCUT2D eigenvalue weighted by atomic mass is 10.0. The van der Waals surface area contributed by atoms with Crippen LogP contribution in [0, 0.1) is 5.41 Å². The van der Waals surface area contributed by atoms with Crippen LogP contribution in [-0.4, -0.2) is 34.8 Å². The number of hydrogen-bond donors (Lipinski definition) is 1. The summed E-state index contributed by atoms with van der Waals surface area (Å²) in [7, 11) is 0. The first-order valence-corrected chi connectivity index (χ1v) is 6.55. The van der Waals surface area contributed by atoms with Crippen LogP contribution in [0.25, 0.3) is 0 Å². The van der Waals surface area contributed by atoms with Gasteiger partial charge < -0.3 is 10.2 Å². The minimum Gasteiger partial charge on any atom is -0.343 e. The molecule has 1 saturated carbocycles. The van der Waals surface area contributed by atoms with Crippen molar-refractivity contribution in [2.75, 3.05) is 0 Å². The molecule has 1 N–H and O–H groups in total. The summed E-state index contributed by atoms with van der Waals surface area (Å²) in [5.74, 6) is 0.121. The molecule has 2 rings (SSSR count). The highest BCUT2D eigenvalue weighted by atomic mass is 16.2. The summed E-state index contributed by atoms with van der Waals surface area (Å²) >= 11 is 0. The van der Waals surface area contributed by atoms with Crippen molar-refractivity contribution in [3.63, 3.8) is 0 Å². The van der Waals surface area contributed by atoms with Crippen molar-refractivity contribution in [3.8, 4) is 0 Å². The second-order valence-corrected chi connectivity index (χ2v) is 5.85. The molecule has 96 valence electrons. The Hall–Kier alpha value is -1.06. The number of nitrogens with one attached hydrogen (secondary N) is 1. The van der Waals surface area contributed by atoms with Gasteiger partial charge in [-0.05, 0) is 24.7 Å². The lowest BCUT2D eigenvalue weighted by molar-refractivity contribution is -0.150. The van der Waals surface area contributed by atoms with Crippen LogP contribution >= 0.6 is 0 Å². The van der Waals surface area contributed by atoms with Gasteiger partial charge in [-0.2, -0.15) is 0 Å². The van der Waals surface area contributed by atoms with Gasteiger partial charge in [-0.25, -0.2) is 0 Å². The second-order valence-electron chi connectivity index (χ2n) is 5.85. The third kappa shape index (κ3) is 1.94. The van der Waals surface area contributed by atoms with Crippen molar-refractivity contribution in [2.24, 2.45) is 5.41 Å². The first-order chi connectivity index (χ1) is 7.92. The zero-order valence-corrected chi connectivity index (χ0v) is 11.1. The number of amides is 2. The second kappa shape index (κ2) is 4.00. The van der Waals surface area contributed by atoms with Crippen LogP contribution in [-0.2, 0) is 9.59 Å². The van der Waals surface area contributed by atoms with E-state index in [2.05, 4.69) is 19.2 Å². The number of carbonyl (C=O) groups is 2. The van der Waals surface area contributed by atoms with Crippen LogP contribution in [0.4, 0.5) is 0 Å². The molecule has 3 unspecified atom stereocenters. The Morgan fingerprint density at radius 1 is 1.29 bits per heavy atom. The van der Waals surface area contributed by atoms with E-state index in [-0.39, 0.29) is 35.4 Å². The van der Waals surface area contributed by atoms with Crippen LogP contribution in [0.15, 0.2) is 0 Å². The fourth-order valence-corrected chi connectivity index (χ4v) is 2.73. The molecule has 3 atom stereocenters. The molecule has 0 aromatic carbocycles. The van der Waals surface area contributed by atoms with Crippen LogP contribution in [0.3, 0.4) is 0 Å². The van der Waals surface area contributed by atoms with Crippen LogP contribution in [0.5, 0.6) is 0 Å². The highest BCUT2D eigenvalue weighted by Gasteiger charge is 2.55. The monoisotopic (exact) mass is 238 g/mol. The molecular weight excluding hydrogens is 216 g/mol. The molecule has 2 amide bonds. The fourth-order valence-electron chi connectivity index (χ4n) is 2.73. The summed E-state index contributed by atoms with van der Waals surface area (Å²) < 4.78 is 0. The predicted octanol–water partition coefficient (Wildman–Crippen LogP) is 1.30. The average molecular weight is 238 g/mol. The van der Waals surface area contributed by atoms with Crippen molar-refractivity contribution in [1.29, 1.82) is 0 Å². The molecule has 0 aromatic heterocycles. The molecule has 4 nitrogen and oxygen atoms in total. The summed E-state index contributed by atoms with van der Waals surface area (Å²) in [5, 5.41) is 2.83. The van der Waals surface area contributed by atoms with E-state index in [1.54, 1.807) is 0 Å². The summed E-state index contributed by atoms with van der Waals surface area (Å²) in [6, 6.07) is -0.334. The topological polar surface area (TPSA) is 49.4 Å². The molecule has 0 bridgehead atoms. The van der Waals surface area contributed by atoms with Gasteiger partial charge in [-0.15, -0.1) is 0 Å².